The first kappa shape index (κ1) is 22.6. The molecule has 3 aromatic rings. The number of benzene rings is 2. The first-order chi connectivity index (χ1) is 15.0. The van der Waals surface area contributed by atoms with Crippen molar-refractivity contribution in [3.8, 4) is 5.75 Å². The zero-order valence-electron chi connectivity index (χ0n) is 18.2. The van der Waals surface area contributed by atoms with E-state index in [9.17, 15) is 4.79 Å². The molecule has 0 aliphatic rings. The summed E-state index contributed by atoms with van der Waals surface area (Å²) in [5, 5.41) is 12.1. The zero-order valence-corrected chi connectivity index (χ0v) is 19.0. The molecule has 1 aromatic heterocycles. The largest absolute Gasteiger partial charge is 0.486 e. The van der Waals surface area contributed by atoms with Crippen LogP contribution in [0.5, 0.6) is 5.75 Å². The number of allylic oxidation sites excluding steroid dienone is 1. The van der Waals surface area contributed by atoms with Crippen molar-refractivity contribution in [3.05, 3.63) is 77.6 Å². The Labute approximate surface area is 187 Å². The summed E-state index contributed by atoms with van der Waals surface area (Å²) >= 11 is 1.34. The molecule has 0 atom stereocenters. The molecule has 0 unspecified atom stereocenters. The van der Waals surface area contributed by atoms with Crippen LogP contribution in [0.15, 0.2) is 60.3 Å². The van der Waals surface area contributed by atoms with Crippen LogP contribution in [0, 0.1) is 13.8 Å². The van der Waals surface area contributed by atoms with Crippen LogP contribution >= 0.6 is 11.8 Å². The number of thioether (sulfide) groups is 1. The van der Waals surface area contributed by atoms with Gasteiger partial charge in [-0.2, -0.15) is 0 Å². The number of aryl methyl sites for hydroxylation is 3. The third kappa shape index (κ3) is 6.21. The van der Waals surface area contributed by atoms with E-state index in [0.29, 0.717) is 24.1 Å². The monoisotopic (exact) mass is 436 g/mol. The van der Waals surface area contributed by atoms with Gasteiger partial charge < -0.3 is 10.1 Å². The minimum absolute atomic E-state index is 0.0878. The molecule has 2 aromatic carbocycles. The molecule has 31 heavy (non-hydrogen) atoms. The van der Waals surface area contributed by atoms with Gasteiger partial charge in [0, 0.05) is 12.2 Å². The Morgan fingerprint density at radius 1 is 1.16 bits per heavy atom. The van der Waals surface area contributed by atoms with Gasteiger partial charge in [0.05, 0.1) is 5.75 Å². The number of carbonyl (C=O) groups excluding carboxylic acids is 1. The molecule has 0 radical (unpaired) electrons. The molecule has 0 bridgehead atoms. The summed E-state index contributed by atoms with van der Waals surface area (Å²) in [7, 11) is 0. The summed E-state index contributed by atoms with van der Waals surface area (Å²) in [4.78, 5) is 12.4. The van der Waals surface area contributed by atoms with Crippen molar-refractivity contribution in [3.63, 3.8) is 0 Å². The third-order valence-corrected chi connectivity index (χ3v) is 5.89. The minimum atomic E-state index is -0.0878. The molecule has 162 valence electrons. The first-order valence-corrected chi connectivity index (χ1v) is 11.2. The first-order valence-electron chi connectivity index (χ1n) is 10.2. The number of aromatic nitrogens is 3. The summed E-state index contributed by atoms with van der Waals surface area (Å²) in [6.07, 6.45) is 2.77. The van der Waals surface area contributed by atoms with E-state index in [4.69, 9.17) is 4.74 Å². The summed E-state index contributed by atoms with van der Waals surface area (Å²) in [6.45, 7) is 10.8. The van der Waals surface area contributed by atoms with Crippen LogP contribution in [0.25, 0.3) is 0 Å². The molecule has 1 heterocycles. The number of anilines is 1. The van der Waals surface area contributed by atoms with Gasteiger partial charge in [-0.15, -0.1) is 16.8 Å². The molecule has 0 saturated heterocycles. The van der Waals surface area contributed by atoms with Crippen molar-refractivity contribution in [2.75, 3.05) is 11.1 Å². The van der Waals surface area contributed by atoms with Gasteiger partial charge in [-0.1, -0.05) is 43.0 Å². The normalized spacial score (nSPS) is 10.7. The molecule has 1 amide bonds. The zero-order chi connectivity index (χ0) is 22.2. The highest BCUT2D eigenvalue weighted by Crippen LogP contribution is 2.20. The van der Waals surface area contributed by atoms with Crippen LogP contribution in [-0.4, -0.2) is 26.4 Å². The Hall–Kier alpha value is -3.06. The van der Waals surface area contributed by atoms with Crippen molar-refractivity contribution in [1.82, 2.24) is 14.8 Å². The third-order valence-electron chi connectivity index (χ3n) is 4.93. The molecule has 1 N–H and O–H groups in total. The van der Waals surface area contributed by atoms with Crippen molar-refractivity contribution < 1.29 is 9.53 Å². The van der Waals surface area contributed by atoms with E-state index in [0.717, 1.165) is 23.4 Å². The van der Waals surface area contributed by atoms with Gasteiger partial charge in [-0.3, -0.25) is 9.36 Å². The molecule has 0 spiro atoms. The predicted molar refractivity (Wildman–Crippen MR) is 126 cm³/mol. The molecular weight excluding hydrogens is 408 g/mol. The van der Waals surface area contributed by atoms with Gasteiger partial charge in [0.15, 0.2) is 11.0 Å². The van der Waals surface area contributed by atoms with E-state index in [1.54, 1.807) is 6.08 Å². The predicted octanol–water partition coefficient (Wildman–Crippen LogP) is 4.95. The number of amides is 1. The molecule has 7 heteroatoms. The lowest BCUT2D eigenvalue weighted by Gasteiger charge is -2.10. The minimum Gasteiger partial charge on any atom is -0.486 e. The standard InChI is InChI=1S/C24H28N4O2S/c1-5-13-28-22(15-30-21-11-8-19(6-2)9-12-21)26-27-24(28)31-16-23(29)25-20-10-7-17(3)18(4)14-20/h5,7-12,14H,1,6,13,15-16H2,2-4H3,(H,25,29). The summed E-state index contributed by atoms with van der Waals surface area (Å²) in [5.74, 6) is 1.63. The highest BCUT2D eigenvalue weighted by atomic mass is 32.2. The van der Waals surface area contributed by atoms with Gasteiger partial charge in [0.25, 0.3) is 0 Å². The second-order valence-electron chi connectivity index (χ2n) is 7.22. The molecule has 0 fully saturated rings. The van der Waals surface area contributed by atoms with Crippen molar-refractivity contribution in [2.45, 2.75) is 45.5 Å². The topological polar surface area (TPSA) is 69.0 Å². The second-order valence-corrected chi connectivity index (χ2v) is 8.16. The van der Waals surface area contributed by atoms with Crippen molar-refractivity contribution in [1.29, 1.82) is 0 Å². The number of nitrogens with one attached hydrogen (secondary N) is 1. The lowest BCUT2D eigenvalue weighted by atomic mass is 10.1. The van der Waals surface area contributed by atoms with Gasteiger partial charge >= 0.3 is 0 Å². The average molecular weight is 437 g/mol. The van der Waals surface area contributed by atoms with Crippen molar-refractivity contribution >= 4 is 23.4 Å². The molecule has 0 saturated carbocycles. The van der Waals surface area contributed by atoms with Crippen LogP contribution in [0.1, 0.15) is 29.4 Å². The molecular formula is C24H28N4O2S. The lowest BCUT2D eigenvalue weighted by molar-refractivity contribution is -0.113. The SMILES string of the molecule is C=CCn1c(COc2ccc(CC)cc2)nnc1SCC(=O)Nc1ccc(C)c(C)c1. The molecule has 0 aliphatic carbocycles. The number of nitrogens with zero attached hydrogens (tertiary/aromatic N) is 3. The average Bonchev–Trinajstić information content (AvgIpc) is 3.15. The Kier molecular flexibility index (Phi) is 7.89. The Bertz CT molecular complexity index is 1040. The lowest BCUT2D eigenvalue weighted by Crippen LogP contribution is -2.15. The highest BCUT2D eigenvalue weighted by Gasteiger charge is 2.14. The number of ether oxygens (including phenoxy) is 1. The maximum atomic E-state index is 12.4. The smallest absolute Gasteiger partial charge is 0.234 e. The quantitative estimate of drug-likeness (QED) is 0.360. The summed E-state index contributed by atoms with van der Waals surface area (Å²) < 4.78 is 7.79. The fourth-order valence-corrected chi connectivity index (χ4v) is 3.73. The van der Waals surface area contributed by atoms with E-state index in [2.05, 4.69) is 41.1 Å². The fraction of sp³-hybridized carbons (Fsp3) is 0.292. The van der Waals surface area contributed by atoms with Crippen LogP contribution in [0.3, 0.4) is 0 Å². The highest BCUT2D eigenvalue weighted by molar-refractivity contribution is 7.99. The number of carbonyl (C=O) groups is 1. The number of hydrogen-bond acceptors (Lipinski definition) is 5. The maximum absolute atomic E-state index is 12.4. The van der Waals surface area contributed by atoms with E-state index >= 15 is 0 Å². The molecule has 0 aliphatic heterocycles. The second kappa shape index (κ2) is 10.8. The Morgan fingerprint density at radius 3 is 2.61 bits per heavy atom. The van der Waals surface area contributed by atoms with E-state index in [1.165, 1.54) is 22.9 Å². The molecule has 3 rings (SSSR count). The van der Waals surface area contributed by atoms with Gasteiger partial charge in [-0.25, -0.2) is 0 Å². The van der Waals surface area contributed by atoms with Crippen LogP contribution < -0.4 is 10.1 Å². The van der Waals surface area contributed by atoms with Gasteiger partial charge in [0.1, 0.15) is 12.4 Å². The molecule has 6 nitrogen and oxygen atoms in total. The number of rotatable bonds is 10. The summed E-state index contributed by atoms with van der Waals surface area (Å²) in [6, 6.07) is 13.9. The number of hydrogen-bond donors (Lipinski definition) is 1. The van der Waals surface area contributed by atoms with E-state index in [-0.39, 0.29) is 11.7 Å². The fourth-order valence-electron chi connectivity index (χ4n) is 2.96. The van der Waals surface area contributed by atoms with Crippen LogP contribution in [0.4, 0.5) is 5.69 Å². The Morgan fingerprint density at radius 2 is 1.94 bits per heavy atom. The van der Waals surface area contributed by atoms with Crippen LogP contribution in [-0.2, 0) is 24.4 Å². The van der Waals surface area contributed by atoms with Gasteiger partial charge in [0.2, 0.25) is 5.91 Å². The van der Waals surface area contributed by atoms with E-state index < -0.39 is 0 Å². The maximum Gasteiger partial charge on any atom is 0.234 e. The van der Waals surface area contributed by atoms with E-state index in [1.807, 2.05) is 48.7 Å². The Balaban J connectivity index is 1.60. The van der Waals surface area contributed by atoms with Crippen molar-refractivity contribution in [2.24, 2.45) is 0 Å². The summed E-state index contributed by atoms with van der Waals surface area (Å²) in [5.41, 5.74) is 4.40. The van der Waals surface area contributed by atoms with Gasteiger partial charge in [-0.05, 0) is 61.2 Å². The van der Waals surface area contributed by atoms with Crippen LogP contribution in [0.2, 0.25) is 0 Å².